The molecule has 29 heavy (non-hydrogen) atoms. The van der Waals surface area contributed by atoms with Gasteiger partial charge in [-0.25, -0.2) is 9.59 Å². The fraction of sp³-hybridized carbons (Fsp3) is 0.650. The first kappa shape index (κ1) is 19.9. The van der Waals surface area contributed by atoms with Crippen molar-refractivity contribution in [2.75, 3.05) is 39.3 Å². The van der Waals surface area contributed by atoms with Gasteiger partial charge in [-0.05, 0) is 26.7 Å². The molecule has 9 heteroatoms. The lowest BCUT2D eigenvalue weighted by Gasteiger charge is -2.36. The number of rotatable bonds is 5. The summed E-state index contributed by atoms with van der Waals surface area (Å²) in [4.78, 5) is 28.8. The van der Waals surface area contributed by atoms with Crippen LogP contribution in [0.1, 0.15) is 38.5 Å². The highest BCUT2D eigenvalue weighted by molar-refractivity contribution is 5.93. The van der Waals surface area contributed by atoms with Crippen LogP contribution in [0, 0.1) is 0 Å². The van der Waals surface area contributed by atoms with Gasteiger partial charge in [0.05, 0.1) is 0 Å². The SMILES string of the molecule is CC(C)N1CCN(CCOc2nn3c4c2OC(=O)/C=C\C(=O)OC4CCC3)CC1. The number of hydrogen-bond acceptors (Lipinski definition) is 8. The maximum atomic E-state index is 12.1. The Morgan fingerprint density at radius 1 is 1.14 bits per heavy atom. The Morgan fingerprint density at radius 3 is 2.66 bits per heavy atom. The molecule has 3 aliphatic rings. The molecule has 1 atom stereocenters. The van der Waals surface area contributed by atoms with Crippen molar-refractivity contribution in [3.8, 4) is 11.6 Å². The minimum Gasteiger partial charge on any atom is -0.473 e. The Bertz CT molecular complexity index is 795. The van der Waals surface area contributed by atoms with Crippen LogP contribution < -0.4 is 9.47 Å². The van der Waals surface area contributed by atoms with Crippen LogP contribution in [-0.4, -0.2) is 76.9 Å². The Hall–Kier alpha value is -2.39. The second-order valence-electron chi connectivity index (χ2n) is 7.88. The fourth-order valence-electron chi connectivity index (χ4n) is 4.01. The molecular formula is C20H28N4O5. The van der Waals surface area contributed by atoms with Crippen molar-refractivity contribution < 1.29 is 23.8 Å². The third-order valence-corrected chi connectivity index (χ3v) is 5.66. The summed E-state index contributed by atoms with van der Waals surface area (Å²) in [6, 6.07) is 0.571. The van der Waals surface area contributed by atoms with Gasteiger partial charge in [-0.15, -0.1) is 5.10 Å². The molecule has 0 aromatic carbocycles. The van der Waals surface area contributed by atoms with Gasteiger partial charge in [0, 0.05) is 57.5 Å². The van der Waals surface area contributed by atoms with Gasteiger partial charge >= 0.3 is 11.9 Å². The highest BCUT2D eigenvalue weighted by Crippen LogP contribution is 2.41. The van der Waals surface area contributed by atoms with E-state index in [1.807, 2.05) is 0 Å². The molecule has 0 amide bonds. The number of aromatic nitrogens is 2. The number of carbonyl (C=O) groups excluding carboxylic acids is 2. The van der Waals surface area contributed by atoms with E-state index in [0.717, 1.165) is 51.3 Å². The maximum absolute atomic E-state index is 12.1. The van der Waals surface area contributed by atoms with Gasteiger partial charge in [-0.3, -0.25) is 14.5 Å². The second kappa shape index (κ2) is 8.54. The number of aryl methyl sites for hydroxylation is 1. The number of ether oxygens (including phenoxy) is 3. The average molecular weight is 404 g/mol. The van der Waals surface area contributed by atoms with Gasteiger partial charge in [0.15, 0.2) is 0 Å². The summed E-state index contributed by atoms with van der Waals surface area (Å²) in [5, 5.41) is 4.48. The molecule has 1 aromatic heterocycles. The summed E-state index contributed by atoms with van der Waals surface area (Å²) in [7, 11) is 0. The van der Waals surface area contributed by atoms with Crippen molar-refractivity contribution in [2.24, 2.45) is 0 Å². The molecule has 0 bridgehead atoms. The summed E-state index contributed by atoms with van der Waals surface area (Å²) in [6.07, 6.45) is 3.16. The molecule has 0 aliphatic carbocycles. The number of esters is 2. The number of piperazine rings is 1. The summed E-state index contributed by atoms with van der Waals surface area (Å²) < 4.78 is 18.6. The molecule has 1 fully saturated rings. The summed E-state index contributed by atoms with van der Waals surface area (Å²) >= 11 is 0. The molecule has 0 radical (unpaired) electrons. The van der Waals surface area contributed by atoms with Crippen LogP contribution in [0.3, 0.4) is 0 Å². The topological polar surface area (TPSA) is 86.1 Å². The van der Waals surface area contributed by atoms with Crippen molar-refractivity contribution in [3.05, 3.63) is 17.8 Å². The molecule has 4 heterocycles. The smallest absolute Gasteiger partial charge is 0.336 e. The lowest BCUT2D eigenvalue weighted by molar-refractivity contribution is -0.144. The average Bonchev–Trinajstić information content (AvgIpc) is 3.07. The zero-order valence-electron chi connectivity index (χ0n) is 17.0. The molecule has 0 saturated carbocycles. The molecule has 9 nitrogen and oxygen atoms in total. The minimum atomic E-state index is -0.640. The molecule has 3 aliphatic heterocycles. The Labute approximate surface area is 170 Å². The summed E-state index contributed by atoms with van der Waals surface area (Å²) in [5.74, 6) is -0.646. The van der Waals surface area contributed by atoms with Crippen molar-refractivity contribution >= 4 is 11.9 Å². The van der Waals surface area contributed by atoms with Crippen molar-refractivity contribution in [2.45, 2.75) is 45.4 Å². The maximum Gasteiger partial charge on any atom is 0.336 e. The fourth-order valence-corrected chi connectivity index (χ4v) is 4.01. The summed E-state index contributed by atoms with van der Waals surface area (Å²) in [6.45, 7) is 10.5. The van der Waals surface area contributed by atoms with Crippen LogP contribution in [0.5, 0.6) is 11.6 Å². The monoisotopic (exact) mass is 404 g/mol. The van der Waals surface area contributed by atoms with Gasteiger partial charge in [0.1, 0.15) is 18.4 Å². The van der Waals surface area contributed by atoms with E-state index in [2.05, 4.69) is 28.7 Å². The van der Waals surface area contributed by atoms with E-state index in [4.69, 9.17) is 14.2 Å². The summed E-state index contributed by atoms with van der Waals surface area (Å²) in [5.41, 5.74) is 0.599. The normalized spacial score (nSPS) is 24.2. The third kappa shape index (κ3) is 4.45. The predicted molar refractivity (Wildman–Crippen MR) is 104 cm³/mol. The van der Waals surface area contributed by atoms with Gasteiger partial charge in [0.2, 0.25) is 5.75 Å². The lowest BCUT2D eigenvalue weighted by Crippen LogP contribution is -2.49. The number of carbonyl (C=O) groups is 2. The van der Waals surface area contributed by atoms with E-state index in [1.54, 1.807) is 4.68 Å². The molecule has 0 N–H and O–H groups in total. The standard InChI is InChI=1S/C20H28N4O5/c1-14(2)23-10-8-22(9-11-23)12-13-27-20-19-18-15(4-3-7-24(18)21-20)28-16(25)5-6-17(26)29-19/h5-6,14-15H,3-4,7-13H2,1-2H3/b6-5-. The third-order valence-electron chi connectivity index (χ3n) is 5.66. The van der Waals surface area contributed by atoms with E-state index in [1.165, 1.54) is 0 Å². The Kier molecular flexibility index (Phi) is 5.86. The molecule has 4 rings (SSSR count). The van der Waals surface area contributed by atoms with E-state index >= 15 is 0 Å². The van der Waals surface area contributed by atoms with Crippen LogP contribution in [0.25, 0.3) is 0 Å². The van der Waals surface area contributed by atoms with Gasteiger partial charge in [-0.2, -0.15) is 0 Å². The Balaban J connectivity index is 1.43. The predicted octanol–water partition coefficient (Wildman–Crippen LogP) is 1.14. The van der Waals surface area contributed by atoms with Gasteiger partial charge < -0.3 is 14.2 Å². The molecule has 158 valence electrons. The number of hydrogen-bond donors (Lipinski definition) is 0. The van der Waals surface area contributed by atoms with Crippen LogP contribution in [0.2, 0.25) is 0 Å². The van der Waals surface area contributed by atoms with E-state index in [-0.39, 0.29) is 11.6 Å². The van der Waals surface area contributed by atoms with Crippen molar-refractivity contribution in [1.82, 2.24) is 19.6 Å². The van der Waals surface area contributed by atoms with Crippen LogP contribution in [0.15, 0.2) is 12.2 Å². The van der Waals surface area contributed by atoms with E-state index < -0.39 is 18.0 Å². The zero-order valence-corrected chi connectivity index (χ0v) is 17.0. The first-order valence-corrected chi connectivity index (χ1v) is 10.3. The first-order chi connectivity index (χ1) is 14.0. The second-order valence-corrected chi connectivity index (χ2v) is 7.88. The van der Waals surface area contributed by atoms with Crippen LogP contribution in [-0.2, 0) is 20.9 Å². The molecule has 1 unspecified atom stereocenters. The zero-order chi connectivity index (χ0) is 20.4. The first-order valence-electron chi connectivity index (χ1n) is 10.3. The largest absolute Gasteiger partial charge is 0.473 e. The van der Waals surface area contributed by atoms with Crippen molar-refractivity contribution in [1.29, 1.82) is 0 Å². The highest BCUT2D eigenvalue weighted by atomic mass is 16.6. The van der Waals surface area contributed by atoms with E-state index in [0.29, 0.717) is 31.3 Å². The molecular weight excluding hydrogens is 376 g/mol. The lowest BCUT2D eigenvalue weighted by atomic mass is 10.1. The number of nitrogens with zero attached hydrogens (tertiary/aromatic N) is 4. The van der Waals surface area contributed by atoms with Crippen molar-refractivity contribution in [3.63, 3.8) is 0 Å². The molecule has 1 saturated heterocycles. The van der Waals surface area contributed by atoms with Gasteiger partial charge in [0.25, 0.3) is 5.88 Å². The van der Waals surface area contributed by atoms with E-state index in [9.17, 15) is 9.59 Å². The van der Waals surface area contributed by atoms with Crippen LogP contribution >= 0.6 is 0 Å². The minimum absolute atomic E-state index is 0.267. The quantitative estimate of drug-likeness (QED) is 0.676. The Morgan fingerprint density at radius 2 is 1.90 bits per heavy atom. The van der Waals surface area contributed by atoms with Gasteiger partial charge in [-0.1, -0.05) is 0 Å². The highest BCUT2D eigenvalue weighted by Gasteiger charge is 2.34. The molecule has 0 spiro atoms. The molecule has 1 aromatic rings. The van der Waals surface area contributed by atoms with Crippen LogP contribution in [0.4, 0.5) is 0 Å².